The highest BCUT2D eigenvalue weighted by Crippen LogP contribution is 2.32. The molecule has 2 unspecified atom stereocenters. The van der Waals surface area contributed by atoms with E-state index in [2.05, 4.69) is 29.5 Å². The molecule has 0 radical (unpaired) electrons. The summed E-state index contributed by atoms with van der Waals surface area (Å²) < 4.78 is 2.52. The standard InChI is InChI=1S/C15H25N3/c1-3-17-9-5-4-6-14(17)15-16-10-13-8-7-12(2)11-18(13)15/h10,12,14H,3-9,11H2,1-2H3. The van der Waals surface area contributed by atoms with Gasteiger partial charge >= 0.3 is 0 Å². The number of piperidine rings is 1. The minimum absolute atomic E-state index is 0.572. The maximum atomic E-state index is 4.78. The summed E-state index contributed by atoms with van der Waals surface area (Å²) in [4.78, 5) is 7.38. The second-order valence-corrected chi connectivity index (χ2v) is 6.00. The molecule has 3 heteroatoms. The third kappa shape index (κ3) is 2.09. The lowest BCUT2D eigenvalue weighted by Gasteiger charge is -2.35. The predicted octanol–water partition coefficient (Wildman–Crippen LogP) is 3.01. The van der Waals surface area contributed by atoms with Gasteiger partial charge in [-0.1, -0.05) is 20.3 Å². The summed E-state index contributed by atoms with van der Waals surface area (Å²) in [6.07, 6.45) is 8.68. The summed E-state index contributed by atoms with van der Waals surface area (Å²) in [7, 11) is 0. The number of imidazole rings is 1. The molecule has 0 N–H and O–H groups in total. The number of likely N-dealkylation sites (tertiary alicyclic amines) is 1. The quantitative estimate of drug-likeness (QED) is 0.801. The van der Waals surface area contributed by atoms with Crippen LogP contribution in [0.3, 0.4) is 0 Å². The van der Waals surface area contributed by atoms with Crippen LogP contribution in [0.5, 0.6) is 0 Å². The van der Waals surface area contributed by atoms with E-state index in [9.17, 15) is 0 Å². The van der Waals surface area contributed by atoms with Gasteiger partial charge in [-0.25, -0.2) is 4.98 Å². The largest absolute Gasteiger partial charge is 0.330 e. The Morgan fingerprint density at radius 3 is 3.06 bits per heavy atom. The highest BCUT2D eigenvalue weighted by atomic mass is 15.2. The molecule has 100 valence electrons. The highest BCUT2D eigenvalue weighted by molar-refractivity contribution is 5.12. The SMILES string of the molecule is CCN1CCCCC1c1ncc2n1CC(C)CC2. The van der Waals surface area contributed by atoms with E-state index in [1.807, 2.05) is 0 Å². The fraction of sp³-hybridized carbons (Fsp3) is 0.800. The Hall–Kier alpha value is -0.830. The number of aryl methyl sites for hydroxylation is 1. The molecule has 3 nitrogen and oxygen atoms in total. The van der Waals surface area contributed by atoms with E-state index in [1.165, 1.54) is 56.7 Å². The zero-order valence-electron chi connectivity index (χ0n) is 11.7. The Balaban J connectivity index is 1.89. The van der Waals surface area contributed by atoms with Crippen molar-refractivity contribution < 1.29 is 0 Å². The van der Waals surface area contributed by atoms with Gasteiger partial charge in [0.1, 0.15) is 5.82 Å². The normalized spacial score (nSPS) is 29.2. The Bertz CT molecular complexity index is 410. The molecule has 2 aliphatic rings. The lowest BCUT2D eigenvalue weighted by Crippen LogP contribution is -2.35. The molecule has 1 aromatic rings. The minimum Gasteiger partial charge on any atom is -0.330 e. The van der Waals surface area contributed by atoms with Crippen LogP contribution in [-0.4, -0.2) is 27.5 Å². The van der Waals surface area contributed by atoms with Gasteiger partial charge in [-0.15, -0.1) is 0 Å². The maximum absolute atomic E-state index is 4.78. The Morgan fingerprint density at radius 2 is 2.22 bits per heavy atom. The number of nitrogens with zero attached hydrogens (tertiary/aromatic N) is 3. The van der Waals surface area contributed by atoms with Gasteiger partial charge in [0.2, 0.25) is 0 Å². The first kappa shape index (κ1) is 12.2. The summed E-state index contributed by atoms with van der Waals surface area (Å²) >= 11 is 0. The molecule has 1 aromatic heterocycles. The van der Waals surface area contributed by atoms with E-state index < -0.39 is 0 Å². The van der Waals surface area contributed by atoms with E-state index in [-0.39, 0.29) is 0 Å². The van der Waals surface area contributed by atoms with Crippen LogP contribution in [-0.2, 0) is 13.0 Å². The molecule has 1 saturated heterocycles. The van der Waals surface area contributed by atoms with Crippen molar-refractivity contribution in [1.82, 2.24) is 14.5 Å². The fourth-order valence-corrected chi connectivity index (χ4v) is 3.56. The Labute approximate surface area is 110 Å². The lowest BCUT2D eigenvalue weighted by molar-refractivity contribution is 0.144. The third-order valence-corrected chi connectivity index (χ3v) is 4.67. The molecule has 3 heterocycles. The van der Waals surface area contributed by atoms with Gasteiger partial charge in [0.15, 0.2) is 0 Å². The lowest BCUT2D eigenvalue weighted by atomic mass is 9.98. The second-order valence-electron chi connectivity index (χ2n) is 6.00. The van der Waals surface area contributed by atoms with Crippen LogP contribution in [0, 0.1) is 5.92 Å². The molecule has 0 saturated carbocycles. The first-order valence-electron chi connectivity index (χ1n) is 7.58. The topological polar surface area (TPSA) is 21.1 Å². The van der Waals surface area contributed by atoms with Crippen LogP contribution < -0.4 is 0 Å². The molecular weight excluding hydrogens is 222 g/mol. The first-order valence-corrected chi connectivity index (χ1v) is 7.58. The number of rotatable bonds is 2. The molecule has 3 rings (SSSR count). The molecule has 1 fully saturated rings. The van der Waals surface area contributed by atoms with Crippen LogP contribution in [0.15, 0.2) is 6.20 Å². The fourth-order valence-electron chi connectivity index (χ4n) is 3.56. The molecule has 2 aliphatic heterocycles. The monoisotopic (exact) mass is 247 g/mol. The predicted molar refractivity (Wildman–Crippen MR) is 73.6 cm³/mol. The van der Waals surface area contributed by atoms with Crippen LogP contribution >= 0.6 is 0 Å². The van der Waals surface area contributed by atoms with Crippen molar-refractivity contribution in [2.75, 3.05) is 13.1 Å². The molecule has 0 spiro atoms. The average Bonchev–Trinajstić information content (AvgIpc) is 2.81. The van der Waals surface area contributed by atoms with Gasteiger partial charge in [-0.3, -0.25) is 4.90 Å². The van der Waals surface area contributed by atoms with E-state index in [4.69, 9.17) is 4.98 Å². The van der Waals surface area contributed by atoms with Crippen LogP contribution in [0.2, 0.25) is 0 Å². The van der Waals surface area contributed by atoms with E-state index in [0.717, 1.165) is 12.5 Å². The summed E-state index contributed by atoms with van der Waals surface area (Å²) in [5.74, 6) is 2.15. The molecule has 0 aromatic carbocycles. The van der Waals surface area contributed by atoms with Gasteiger partial charge in [0, 0.05) is 18.4 Å². The molecule has 0 bridgehead atoms. The van der Waals surface area contributed by atoms with Gasteiger partial charge in [-0.05, 0) is 44.7 Å². The number of fused-ring (bicyclic) bond motifs is 1. The molecule has 0 amide bonds. The summed E-state index contributed by atoms with van der Waals surface area (Å²) in [5.41, 5.74) is 1.46. The number of hydrogen-bond donors (Lipinski definition) is 0. The molecule has 0 aliphatic carbocycles. The smallest absolute Gasteiger partial charge is 0.126 e. The zero-order valence-corrected chi connectivity index (χ0v) is 11.7. The van der Waals surface area contributed by atoms with E-state index >= 15 is 0 Å². The highest BCUT2D eigenvalue weighted by Gasteiger charge is 2.29. The van der Waals surface area contributed by atoms with Gasteiger partial charge in [0.25, 0.3) is 0 Å². The van der Waals surface area contributed by atoms with E-state index in [1.54, 1.807) is 0 Å². The number of aromatic nitrogens is 2. The average molecular weight is 247 g/mol. The molecule has 2 atom stereocenters. The van der Waals surface area contributed by atoms with Crippen molar-refractivity contribution in [2.45, 2.75) is 58.5 Å². The van der Waals surface area contributed by atoms with Crippen molar-refractivity contribution >= 4 is 0 Å². The Kier molecular flexibility index (Phi) is 3.42. The van der Waals surface area contributed by atoms with Crippen LogP contribution in [0.25, 0.3) is 0 Å². The molecular formula is C15H25N3. The molecule has 18 heavy (non-hydrogen) atoms. The van der Waals surface area contributed by atoms with Gasteiger partial charge < -0.3 is 4.57 Å². The van der Waals surface area contributed by atoms with E-state index in [0.29, 0.717) is 6.04 Å². The van der Waals surface area contributed by atoms with Gasteiger partial charge in [-0.2, -0.15) is 0 Å². The van der Waals surface area contributed by atoms with Crippen LogP contribution in [0.1, 0.15) is 57.1 Å². The van der Waals surface area contributed by atoms with Crippen molar-refractivity contribution in [3.05, 3.63) is 17.7 Å². The summed E-state index contributed by atoms with van der Waals surface area (Å²) in [5, 5.41) is 0. The van der Waals surface area contributed by atoms with Crippen molar-refractivity contribution in [3.63, 3.8) is 0 Å². The van der Waals surface area contributed by atoms with Gasteiger partial charge in [0.05, 0.1) is 6.04 Å². The minimum atomic E-state index is 0.572. The number of hydrogen-bond acceptors (Lipinski definition) is 2. The van der Waals surface area contributed by atoms with Crippen molar-refractivity contribution in [2.24, 2.45) is 5.92 Å². The van der Waals surface area contributed by atoms with Crippen molar-refractivity contribution in [1.29, 1.82) is 0 Å². The zero-order chi connectivity index (χ0) is 12.5. The van der Waals surface area contributed by atoms with Crippen molar-refractivity contribution in [3.8, 4) is 0 Å². The third-order valence-electron chi connectivity index (χ3n) is 4.67. The summed E-state index contributed by atoms with van der Waals surface area (Å²) in [6, 6.07) is 0.572. The summed E-state index contributed by atoms with van der Waals surface area (Å²) in [6.45, 7) is 8.23. The maximum Gasteiger partial charge on any atom is 0.126 e. The first-order chi connectivity index (χ1) is 8.79. The van der Waals surface area contributed by atoms with Crippen LogP contribution in [0.4, 0.5) is 0 Å². The Morgan fingerprint density at radius 1 is 1.33 bits per heavy atom. The second kappa shape index (κ2) is 5.04.